The van der Waals surface area contributed by atoms with Crippen molar-refractivity contribution in [1.82, 2.24) is 0 Å². The predicted molar refractivity (Wildman–Crippen MR) is 122 cm³/mol. The number of fused-ring (bicyclic) bond motifs is 2. The van der Waals surface area contributed by atoms with Gasteiger partial charge in [-0.2, -0.15) is 0 Å². The summed E-state index contributed by atoms with van der Waals surface area (Å²) in [4.78, 5) is 28.1. The number of rotatable bonds is 6. The van der Waals surface area contributed by atoms with Crippen LogP contribution in [0, 0.1) is 0 Å². The van der Waals surface area contributed by atoms with Gasteiger partial charge in [0.1, 0.15) is 0 Å². The molecule has 5 rings (SSSR count). The van der Waals surface area contributed by atoms with Gasteiger partial charge in [-0.05, 0) is 48.4 Å². The summed E-state index contributed by atoms with van der Waals surface area (Å²) in [6, 6.07) is 20.0. The second-order valence-corrected chi connectivity index (χ2v) is 8.80. The number of nitrogens with zero attached hydrogens (tertiary/aromatic N) is 1. The van der Waals surface area contributed by atoms with E-state index in [-0.39, 0.29) is 19.0 Å². The number of amides is 1. The molecule has 2 aliphatic rings. The summed E-state index contributed by atoms with van der Waals surface area (Å²) in [6.45, 7) is 0.505. The van der Waals surface area contributed by atoms with Gasteiger partial charge < -0.3 is 19.5 Å². The molecule has 6 nitrogen and oxygen atoms in total. The summed E-state index contributed by atoms with van der Waals surface area (Å²) in [5, 5.41) is 11.5. The first-order valence-electron chi connectivity index (χ1n) is 10.3. The van der Waals surface area contributed by atoms with Crippen molar-refractivity contribution < 1.29 is 24.2 Å². The fraction of sp³-hybridized carbons (Fsp3) is 0.200. The molecule has 1 amide bonds. The first-order chi connectivity index (χ1) is 15.5. The molecule has 1 atom stereocenters. The highest BCUT2D eigenvalue weighted by Gasteiger charge is 2.51. The van der Waals surface area contributed by atoms with E-state index in [1.807, 2.05) is 36.4 Å². The minimum absolute atomic E-state index is 0.104. The number of Topliss-reactive ketones (excluding diaryl/α,β-unsaturated/α-hetero) is 1. The third-order valence-corrected chi connectivity index (χ3v) is 6.37. The topological polar surface area (TPSA) is 76.1 Å². The largest absolute Gasteiger partial charge is 0.454 e. The smallest absolute Gasteiger partial charge is 0.264 e. The van der Waals surface area contributed by atoms with Crippen molar-refractivity contribution in [3.63, 3.8) is 0 Å². The molecule has 2 heterocycles. The normalized spacial score (nSPS) is 18.7. The zero-order valence-corrected chi connectivity index (χ0v) is 18.7. The number of carbonyl (C=O) groups excluding carboxylic acids is 2. The number of anilines is 1. The van der Waals surface area contributed by atoms with E-state index in [4.69, 9.17) is 9.47 Å². The average molecular weight is 494 g/mol. The highest BCUT2D eigenvalue weighted by Crippen LogP contribution is 2.44. The predicted octanol–water partition coefficient (Wildman–Crippen LogP) is 4.23. The minimum Gasteiger partial charge on any atom is -0.454 e. The molecule has 162 valence electrons. The molecule has 0 bridgehead atoms. The molecule has 3 aromatic carbocycles. The van der Waals surface area contributed by atoms with Crippen molar-refractivity contribution in [2.75, 3.05) is 18.2 Å². The van der Waals surface area contributed by atoms with Crippen molar-refractivity contribution in [2.24, 2.45) is 0 Å². The molecule has 0 aromatic heterocycles. The van der Waals surface area contributed by atoms with Gasteiger partial charge >= 0.3 is 0 Å². The maximum Gasteiger partial charge on any atom is 0.264 e. The molecular formula is C25H20BrNO5. The Balaban J connectivity index is 1.44. The number of hydrogen-bond acceptors (Lipinski definition) is 5. The van der Waals surface area contributed by atoms with Gasteiger partial charge in [0.25, 0.3) is 5.91 Å². The van der Waals surface area contributed by atoms with Gasteiger partial charge in [0, 0.05) is 22.1 Å². The Morgan fingerprint density at radius 1 is 1.03 bits per heavy atom. The Morgan fingerprint density at radius 2 is 1.81 bits per heavy atom. The molecule has 0 saturated heterocycles. The summed E-state index contributed by atoms with van der Waals surface area (Å²) in [6.07, 6.45) is 0.269. The first kappa shape index (κ1) is 20.7. The third-order valence-electron chi connectivity index (χ3n) is 5.87. The SMILES string of the molecule is O=C(C[C@]1(O)C(=O)N(CCc2ccccc2)c2ccc(Br)cc21)c1ccc2c(c1)OCO2. The lowest BCUT2D eigenvalue weighted by atomic mass is 9.88. The summed E-state index contributed by atoms with van der Waals surface area (Å²) in [5.74, 6) is 0.206. The molecular weight excluding hydrogens is 474 g/mol. The van der Waals surface area contributed by atoms with Crippen LogP contribution in [0.1, 0.15) is 27.9 Å². The summed E-state index contributed by atoms with van der Waals surface area (Å²) in [7, 11) is 0. The van der Waals surface area contributed by atoms with Crippen LogP contribution in [0.2, 0.25) is 0 Å². The summed E-state index contributed by atoms with van der Waals surface area (Å²) < 4.78 is 11.4. The van der Waals surface area contributed by atoms with E-state index in [1.165, 1.54) is 0 Å². The van der Waals surface area contributed by atoms with E-state index < -0.39 is 11.5 Å². The van der Waals surface area contributed by atoms with Crippen LogP contribution < -0.4 is 14.4 Å². The van der Waals surface area contributed by atoms with Gasteiger partial charge in [-0.15, -0.1) is 0 Å². The molecule has 7 heteroatoms. The van der Waals surface area contributed by atoms with Gasteiger partial charge in [-0.1, -0.05) is 46.3 Å². The van der Waals surface area contributed by atoms with E-state index in [0.29, 0.717) is 41.3 Å². The molecule has 0 fully saturated rings. The maximum absolute atomic E-state index is 13.4. The van der Waals surface area contributed by atoms with Gasteiger partial charge in [0.15, 0.2) is 22.9 Å². The first-order valence-corrected chi connectivity index (χ1v) is 11.1. The quantitative estimate of drug-likeness (QED) is 0.520. The van der Waals surface area contributed by atoms with Crippen LogP contribution in [0.4, 0.5) is 5.69 Å². The van der Waals surface area contributed by atoms with Crippen molar-refractivity contribution in [3.05, 3.63) is 87.9 Å². The van der Waals surface area contributed by atoms with E-state index >= 15 is 0 Å². The third kappa shape index (κ3) is 3.57. The molecule has 1 N–H and O–H groups in total. The molecule has 0 spiro atoms. The second kappa shape index (κ2) is 8.07. The molecule has 0 unspecified atom stereocenters. The number of benzene rings is 3. The van der Waals surface area contributed by atoms with Gasteiger partial charge in [-0.25, -0.2) is 0 Å². The van der Waals surface area contributed by atoms with Crippen LogP contribution in [0.25, 0.3) is 0 Å². The van der Waals surface area contributed by atoms with E-state index in [9.17, 15) is 14.7 Å². The van der Waals surface area contributed by atoms with Crippen LogP contribution in [0.3, 0.4) is 0 Å². The van der Waals surface area contributed by atoms with Gasteiger partial charge in [-0.3, -0.25) is 9.59 Å². The number of aliphatic hydroxyl groups is 1. The number of ketones is 1. The van der Waals surface area contributed by atoms with Crippen LogP contribution in [-0.4, -0.2) is 30.1 Å². The molecule has 32 heavy (non-hydrogen) atoms. The van der Waals surface area contributed by atoms with E-state index in [2.05, 4.69) is 15.9 Å². The molecule has 2 aliphatic heterocycles. The Bertz CT molecular complexity index is 1210. The van der Waals surface area contributed by atoms with Crippen LogP contribution >= 0.6 is 15.9 Å². The van der Waals surface area contributed by atoms with Crippen molar-refractivity contribution >= 4 is 33.3 Å². The number of halogens is 1. The Hall–Kier alpha value is -3.16. The van der Waals surface area contributed by atoms with Crippen molar-refractivity contribution in [3.8, 4) is 11.5 Å². The fourth-order valence-electron chi connectivity index (χ4n) is 4.21. The highest BCUT2D eigenvalue weighted by molar-refractivity contribution is 9.10. The van der Waals surface area contributed by atoms with Crippen LogP contribution in [0.5, 0.6) is 11.5 Å². The standard InChI is InChI=1S/C25H20BrNO5/c26-18-7-8-20-19(13-18)25(30,24(29)27(20)11-10-16-4-2-1-3-5-16)14-21(28)17-6-9-22-23(12-17)32-15-31-22/h1-9,12-13,30H,10-11,14-15H2/t25-/m1/s1. The van der Waals surface area contributed by atoms with Gasteiger partial charge in [0.2, 0.25) is 6.79 Å². The average Bonchev–Trinajstić information content (AvgIpc) is 3.34. The lowest BCUT2D eigenvalue weighted by molar-refractivity contribution is -0.135. The lowest BCUT2D eigenvalue weighted by Crippen LogP contribution is -2.42. The van der Waals surface area contributed by atoms with Gasteiger partial charge in [0.05, 0.1) is 12.1 Å². The molecule has 0 aliphatic carbocycles. The maximum atomic E-state index is 13.4. The summed E-state index contributed by atoms with van der Waals surface area (Å²) >= 11 is 3.42. The molecule has 0 radical (unpaired) electrons. The minimum atomic E-state index is -1.94. The highest BCUT2D eigenvalue weighted by atomic mass is 79.9. The van der Waals surface area contributed by atoms with Crippen molar-refractivity contribution in [2.45, 2.75) is 18.4 Å². The Morgan fingerprint density at radius 3 is 2.62 bits per heavy atom. The Labute approximate surface area is 193 Å². The van der Waals surface area contributed by atoms with E-state index in [1.54, 1.807) is 35.2 Å². The monoisotopic (exact) mass is 493 g/mol. The Kier molecular flexibility index (Phi) is 5.23. The zero-order chi connectivity index (χ0) is 22.3. The number of carbonyl (C=O) groups is 2. The lowest BCUT2D eigenvalue weighted by Gasteiger charge is -2.23. The summed E-state index contributed by atoms with van der Waals surface area (Å²) in [5.41, 5.74) is 0.554. The van der Waals surface area contributed by atoms with Crippen LogP contribution in [-0.2, 0) is 16.8 Å². The number of ether oxygens (including phenoxy) is 2. The number of hydrogen-bond donors (Lipinski definition) is 1. The fourth-order valence-corrected chi connectivity index (χ4v) is 4.57. The second-order valence-electron chi connectivity index (χ2n) is 7.88. The molecule has 0 saturated carbocycles. The molecule has 3 aromatic rings. The van der Waals surface area contributed by atoms with Crippen molar-refractivity contribution in [1.29, 1.82) is 0 Å². The van der Waals surface area contributed by atoms with E-state index in [0.717, 1.165) is 10.0 Å². The van der Waals surface area contributed by atoms with Crippen LogP contribution in [0.15, 0.2) is 71.2 Å². The zero-order valence-electron chi connectivity index (χ0n) is 17.1.